The molecular weight excluding hydrogens is 304 g/mol. The molecule has 1 unspecified atom stereocenters. The Morgan fingerprint density at radius 2 is 2.09 bits per heavy atom. The standard InChI is InChI=1S/C15H22N2O4S/c1-17(13-8-11-22(19,20)12-13)15(18)16-9-5-10-21-14-6-3-2-4-7-14/h2-4,6-7,13H,5,8-12H2,1H3,(H,16,18). The van der Waals surface area contributed by atoms with E-state index in [0.717, 1.165) is 5.75 Å². The van der Waals surface area contributed by atoms with Crippen molar-refractivity contribution in [2.45, 2.75) is 18.9 Å². The first-order valence-electron chi connectivity index (χ1n) is 7.37. The number of rotatable bonds is 6. The largest absolute Gasteiger partial charge is 0.494 e. The normalized spacial score (nSPS) is 19.6. The maximum atomic E-state index is 12.0. The van der Waals surface area contributed by atoms with Crippen molar-refractivity contribution in [2.24, 2.45) is 0 Å². The minimum Gasteiger partial charge on any atom is -0.494 e. The first-order valence-corrected chi connectivity index (χ1v) is 9.19. The zero-order chi connectivity index (χ0) is 16.0. The van der Waals surface area contributed by atoms with Crippen LogP contribution in [0.3, 0.4) is 0 Å². The van der Waals surface area contributed by atoms with E-state index < -0.39 is 9.84 Å². The second kappa shape index (κ2) is 7.49. The first kappa shape index (κ1) is 16.6. The summed E-state index contributed by atoms with van der Waals surface area (Å²) in [6, 6.07) is 9.04. The van der Waals surface area contributed by atoms with E-state index >= 15 is 0 Å². The molecule has 1 aliphatic heterocycles. The van der Waals surface area contributed by atoms with E-state index in [9.17, 15) is 13.2 Å². The van der Waals surface area contributed by atoms with E-state index in [1.807, 2.05) is 30.3 Å². The van der Waals surface area contributed by atoms with Crippen LogP contribution in [0, 0.1) is 0 Å². The predicted molar refractivity (Wildman–Crippen MR) is 84.8 cm³/mol. The molecule has 1 aromatic carbocycles. The molecule has 1 fully saturated rings. The molecule has 1 saturated heterocycles. The lowest BCUT2D eigenvalue weighted by atomic mass is 10.2. The Morgan fingerprint density at radius 1 is 1.36 bits per heavy atom. The molecule has 1 aliphatic rings. The number of benzene rings is 1. The van der Waals surface area contributed by atoms with Crippen molar-refractivity contribution in [3.63, 3.8) is 0 Å². The van der Waals surface area contributed by atoms with Crippen molar-refractivity contribution in [1.82, 2.24) is 10.2 Å². The lowest BCUT2D eigenvalue weighted by molar-refractivity contribution is 0.194. The first-order chi connectivity index (χ1) is 10.5. The van der Waals surface area contributed by atoms with Crippen LogP contribution < -0.4 is 10.1 Å². The minimum atomic E-state index is -2.98. The van der Waals surface area contributed by atoms with Gasteiger partial charge in [-0.05, 0) is 25.0 Å². The summed E-state index contributed by atoms with van der Waals surface area (Å²) in [5.74, 6) is 1.04. The molecule has 0 aromatic heterocycles. The number of ether oxygens (including phenoxy) is 1. The van der Waals surface area contributed by atoms with E-state index in [2.05, 4.69) is 5.32 Å². The van der Waals surface area contributed by atoms with Crippen molar-refractivity contribution < 1.29 is 17.9 Å². The Hall–Kier alpha value is -1.76. The van der Waals surface area contributed by atoms with Crippen LogP contribution in [0.5, 0.6) is 5.75 Å². The Balaban J connectivity index is 1.63. The highest BCUT2D eigenvalue weighted by atomic mass is 32.2. The van der Waals surface area contributed by atoms with Gasteiger partial charge in [-0.3, -0.25) is 0 Å². The molecule has 0 radical (unpaired) electrons. The van der Waals surface area contributed by atoms with Crippen LogP contribution in [0.4, 0.5) is 4.79 Å². The maximum Gasteiger partial charge on any atom is 0.317 e. The third-order valence-corrected chi connectivity index (χ3v) is 5.44. The van der Waals surface area contributed by atoms with Gasteiger partial charge in [0, 0.05) is 19.6 Å². The molecule has 0 aliphatic carbocycles. The van der Waals surface area contributed by atoms with Crippen LogP contribution in [-0.4, -0.2) is 57.1 Å². The third kappa shape index (κ3) is 4.91. The Bertz CT molecular complexity index is 589. The number of para-hydroxylation sites is 1. The van der Waals surface area contributed by atoms with Crippen LogP contribution in [0.1, 0.15) is 12.8 Å². The highest BCUT2D eigenvalue weighted by Crippen LogP contribution is 2.16. The topological polar surface area (TPSA) is 75.7 Å². The van der Waals surface area contributed by atoms with Gasteiger partial charge in [-0.1, -0.05) is 18.2 Å². The number of hydrogen-bond donors (Lipinski definition) is 1. The fourth-order valence-corrected chi connectivity index (χ4v) is 4.12. The molecule has 2 rings (SSSR count). The Morgan fingerprint density at radius 3 is 2.73 bits per heavy atom. The van der Waals surface area contributed by atoms with Gasteiger partial charge in [0.1, 0.15) is 5.75 Å². The van der Waals surface area contributed by atoms with Gasteiger partial charge in [0.15, 0.2) is 9.84 Å². The van der Waals surface area contributed by atoms with Gasteiger partial charge in [-0.15, -0.1) is 0 Å². The van der Waals surface area contributed by atoms with Gasteiger partial charge in [-0.2, -0.15) is 0 Å². The number of nitrogens with zero attached hydrogens (tertiary/aromatic N) is 1. The molecule has 1 atom stereocenters. The summed E-state index contributed by atoms with van der Waals surface area (Å²) < 4.78 is 28.4. The van der Waals surface area contributed by atoms with Crippen molar-refractivity contribution in [3.8, 4) is 5.75 Å². The van der Waals surface area contributed by atoms with Gasteiger partial charge >= 0.3 is 6.03 Å². The average molecular weight is 326 g/mol. The van der Waals surface area contributed by atoms with Gasteiger partial charge in [0.25, 0.3) is 0 Å². The van der Waals surface area contributed by atoms with Crippen molar-refractivity contribution in [2.75, 3.05) is 31.7 Å². The summed E-state index contributed by atoms with van der Waals surface area (Å²) in [7, 11) is -1.34. The fourth-order valence-electron chi connectivity index (χ4n) is 2.35. The quantitative estimate of drug-likeness (QED) is 0.799. The second-order valence-electron chi connectivity index (χ2n) is 5.41. The molecular formula is C15H22N2O4S. The van der Waals surface area contributed by atoms with E-state index in [1.54, 1.807) is 7.05 Å². The number of nitrogens with one attached hydrogen (secondary N) is 1. The Kier molecular flexibility index (Phi) is 5.65. The van der Waals surface area contributed by atoms with Gasteiger partial charge in [0.05, 0.1) is 18.1 Å². The Labute approximate surface area is 131 Å². The molecule has 22 heavy (non-hydrogen) atoms. The molecule has 0 spiro atoms. The molecule has 1 heterocycles. The van der Waals surface area contributed by atoms with Crippen molar-refractivity contribution >= 4 is 15.9 Å². The van der Waals surface area contributed by atoms with E-state index in [4.69, 9.17) is 4.74 Å². The molecule has 2 amide bonds. The summed E-state index contributed by atoms with van der Waals surface area (Å²) in [5.41, 5.74) is 0. The molecule has 1 N–H and O–H groups in total. The lowest BCUT2D eigenvalue weighted by Gasteiger charge is -2.23. The van der Waals surface area contributed by atoms with E-state index in [0.29, 0.717) is 26.0 Å². The molecule has 0 saturated carbocycles. The van der Waals surface area contributed by atoms with Gasteiger partial charge in [0.2, 0.25) is 0 Å². The number of amides is 2. The zero-order valence-corrected chi connectivity index (χ0v) is 13.5. The van der Waals surface area contributed by atoms with E-state index in [-0.39, 0.29) is 23.6 Å². The summed E-state index contributed by atoms with van der Waals surface area (Å²) in [4.78, 5) is 13.4. The number of carbonyl (C=O) groups excluding carboxylic acids is 1. The van der Waals surface area contributed by atoms with Crippen LogP contribution in [0.25, 0.3) is 0 Å². The smallest absolute Gasteiger partial charge is 0.317 e. The van der Waals surface area contributed by atoms with Gasteiger partial charge < -0.3 is 15.0 Å². The number of carbonyl (C=O) groups is 1. The number of sulfone groups is 1. The van der Waals surface area contributed by atoms with Crippen LogP contribution in [0.15, 0.2) is 30.3 Å². The highest BCUT2D eigenvalue weighted by molar-refractivity contribution is 7.91. The summed E-state index contributed by atoms with van der Waals surface area (Å²) in [6.45, 7) is 1.02. The summed E-state index contributed by atoms with van der Waals surface area (Å²) >= 11 is 0. The predicted octanol–water partition coefficient (Wildman–Crippen LogP) is 1.28. The van der Waals surface area contributed by atoms with Crippen molar-refractivity contribution in [1.29, 1.82) is 0 Å². The third-order valence-electron chi connectivity index (χ3n) is 3.69. The average Bonchev–Trinajstić information content (AvgIpc) is 2.87. The maximum absolute atomic E-state index is 12.0. The summed E-state index contributed by atoms with van der Waals surface area (Å²) in [6.07, 6.45) is 1.21. The van der Waals surface area contributed by atoms with Crippen LogP contribution >= 0.6 is 0 Å². The summed E-state index contributed by atoms with van der Waals surface area (Å²) in [5, 5.41) is 2.79. The highest BCUT2D eigenvalue weighted by Gasteiger charge is 2.32. The fraction of sp³-hybridized carbons (Fsp3) is 0.533. The molecule has 1 aromatic rings. The lowest BCUT2D eigenvalue weighted by Crippen LogP contribution is -2.44. The molecule has 7 heteroatoms. The van der Waals surface area contributed by atoms with Crippen LogP contribution in [-0.2, 0) is 9.84 Å². The number of urea groups is 1. The van der Waals surface area contributed by atoms with Crippen molar-refractivity contribution in [3.05, 3.63) is 30.3 Å². The van der Waals surface area contributed by atoms with E-state index in [1.165, 1.54) is 4.90 Å². The minimum absolute atomic E-state index is 0.0635. The molecule has 122 valence electrons. The SMILES string of the molecule is CN(C(=O)NCCCOc1ccccc1)C1CCS(=O)(=O)C1. The molecule has 6 nitrogen and oxygen atoms in total. The van der Waals surface area contributed by atoms with Gasteiger partial charge in [-0.25, -0.2) is 13.2 Å². The molecule has 0 bridgehead atoms. The number of hydrogen-bond acceptors (Lipinski definition) is 4. The van der Waals surface area contributed by atoms with Crippen LogP contribution in [0.2, 0.25) is 0 Å². The monoisotopic (exact) mass is 326 g/mol. The zero-order valence-electron chi connectivity index (χ0n) is 12.7. The second-order valence-corrected chi connectivity index (χ2v) is 7.64.